The summed E-state index contributed by atoms with van der Waals surface area (Å²) in [5.41, 5.74) is 0.769. The van der Waals surface area contributed by atoms with E-state index in [1.165, 1.54) is 0 Å². The predicted molar refractivity (Wildman–Crippen MR) is 106 cm³/mol. The van der Waals surface area contributed by atoms with Gasteiger partial charge in [-0.05, 0) is 56.2 Å². The highest BCUT2D eigenvalue weighted by Crippen LogP contribution is 2.21. The van der Waals surface area contributed by atoms with Crippen molar-refractivity contribution >= 4 is 29.1 Å². The number of carbonyl (C=O) groups is 2. The van der Waals surface area contributed by atoms with Crippen LogP contribution >= 0.6 is 11.6 Å². The second kappa shape index (κ2) is 8.91. The number of para-hydroxylation sites is 1. The summed E-state index contributed by atoms with van der Waals surface area (Å²) in [6.45, 7) is 2.78. The van der Waals surface area contributed by atoms with E-state index in [2.05, 4.69) is 5.32 Å². The number of rotatable bonds is 5. The Morgan fingerprint density at radius 3 is 2.56 bits per heavy atom. The number of piperidine rings is 1. The van der Waals surface area contributed by atoms with Crippen LogP contribution in [-0.2, 0) is 9.59 Å². The number of hydrogen-bond acceptors (Lipinski definition) is 3. The average molecular weight is 387 g/mol. The Labute approximate surface area is 164 Å². The van der Waals surface area contributed by atoms with Gasteiger partial charge in [0, 0.05) is 23.8 Å². The van der Waals surface area contributed by atoms with E-state index >= 15 is 0 Å². The minimum absolute atomic E-state index is 0.0510. The lowest BCUT2D eigenvalue weighted by Crippen LogP contribution is -2.48. The van der Waals surface area contributed by atoms with Crippen LogP contribution in [0.1, 0.15) is 19.8 Å². The van der Waals surface area contributed by atoms with Crippen LogP contribution in [0.3, 0.4) is 0 Å². The summed E-state index contributed by atoms with van der Waals surface area (Å²) in [6.07, 6.45) is 0.948. The van der Waals surface area contributed by atoms with Crippen LogP contribution in [0.4, 0.5) is 5.69 Å². The lowest BCUT2D eigenvalue weighted by Gasteiger charge is -2.33. The Bertz CT molecular complexity index is 780. The van der Waals surface area contributed by atoms with Crippen molar-refractivity contribution in [2.24, 2.45) is 5.92 Å². The van der Waals surface area contributed by atoms with Gasteiger partial charge in [0.25, 0.3) is 5.91 Å². The van der Waals surface area contributed by atoms with Gasteiger partial charge in [-0.3, -0.25) is 9.59 Å². The first-order valence-electron chi connectivity index (χ1n) is 9.10. The largest absolute Gasteiger partial charge is 0.481 e. The molecule has 0 aliphatic carbocycles. The number of halogens is 1. The molecule has 0 bridgehead atoms. The standard InChI is InChI=1S/C21H23ClN2O3/c1-15(27-19-11-9-17(22)10-12-19)21(26)24-13-5-6-16(14-24)20(25)23-18-7-3-2-4-8-18/h2-4,7-12,15-16H,5-6,13-14H2,1H3,(H,23,25)/t15-,16+/m0/s1. The summed E-state index contributed by atoms with van der Waals surface area (Å²) in [4.78, 5) is 27.0. The first-order chi connectivity index (χ1) is 13.0. The van der Waals surface area contributed by atoms with Gasteiger partial charge in [0.05, 0.1) is 5.92 Å². The minimum atomic E-state index is -0.623. The second-order valence-electron chi connectivity index (χ2n) is 6.69. The van der Waals surface area contributed by atoms with Crippen molar-refractivity contribution in [1.82, 2.24) is 4.90 Å². The number of nitrogens with one attached hydrogen (secondary N) is 1. The lowest BCUT2D eigenvalue weighted by molar-refractivity contribution is -0.140. The number of hydrogen-bond donors (Lipinski definition) is 1. The van der Waals surface area contributed by atoms with Crippen molar-refractivity contribution in [2.45, 2.75) is 25.9 Å². The maximum atomic E-state index is 12.7. The molecule has 27 heavy (non-hydrogen) atoms. The number of benzene rings is 2. The topological polar surface area (TPSA) is 58.6 Å². The van der Waals surface area contributed by atoms with E-state index in [0.29, 0.717) is 23.9 Å². The summed E-state index contributed by atoms with van der Waals surface area (Å²) in [6, 6.07) is 16.3. The highest BCUT2D eigenvalue weighted by atomic mass is 35.5. The van der Waals surface area contributed by atoms with E-state index in [4.69, 9.17) is 16.3 Å². The summed E-state index contributed by atoms with van der Waals surface area (Å²) >= 11 is 5.87. The van der Waals surface area contributed by atoms with E-state index in [0.717, 1.165) is 18.5 Å². The summed E-state index contributed by atoms with van der Waals surface area (Å²) in [5, 5.41) is 3.54. The quantitative estimate of drug-likeness (QED) is 0.845. The molecule has 2 aromatic rings. The molecule has 1 saturated heterocycles. The van der Waals surface area contributed by atoms with Gasteiger partial charge in [-0.1, -0.05) is 29.8 Å². The van der Waals surface area contributed by atoms with Gasteiger partial charge in [-0.2, -0.15) is 0 Å². The van der Waals surface area contributed by atoms with E-state index < -0.39 is 6.10 Å². The molecule has 1 aliphatic rings. The highest BCUT2D eigenvalue weighted by molar-refractivity contribution is 6.30. The van der Waals surface area contributed by atoms with Gasteiger partial charge in [0.2, 0.25) is 5.91 Å². The van der Waals surface area contributed by atoms with Crippen molar-refractivity contribution in [2.75, 3.05) is 18.4 Å². The van der Waals surface area contributed by atoms with Crippen molar-refractivity contribution in [3.63, 3.8) is 0 Å². The molecule has 0 saturated carbocycles. The van der Waals surface area contributed by atoms with Gasteiger partial charge >= 0.3 is 0 Å². The molecule has 2 aromatic carbocycles. The van der Waals surface area contributed by atoms with Crippen LogP contribution in [0, 0.1) is 5.92 Å². The van der Waals surface area contributed by atoms with Gasteiger partial charge in [0.15, 0.2) is 6.10 Å². The number of anilines is 1. The lowest BCUT2D eigenvalue weighted by atomic mass is 9.96. The van der Waals surface area contributed by atoms with Crippen molar-refractivity contribution in [3.8, 4) is 5.75 Å². The molecule has 0 spiro atoms. The van der Waals surface area contributed by atoms with Crippen LogP contribution in [0.2, 0.25) is 5.02 Å². The molecule has 1 heterocycles. The van der Waals surface area contributed by atoms with Crippen molar-refractivity contribution < 1.29 is 14.3 Å². The van der Waals surface area contributed by atoms with E-state index in [1.807, 2.05) is 30.3 Å². The third kappa shape index (κ3) is 5.23. The zero-order valence-electron chi connectivity index (χ0n) is 15.2. The maximum Gasteiger partial charge on any atom is 0.263 e. The zero-order valence-corrected chi connectivity index (χ0v) is 16.0. The zero-order chi connectivity index (χ0) is 19.2. The number of ether oxygens (including phenoxy) is 1. The smallest absolute Gasteiger partial charge is 0.263 e. The Morgan fingerprint density at radius 1 is 1.15 bits per heavy atom. The fraction of sp³-hybridized carbons (Fsp3) is 0.333. The molecule has 0 unspecified atom stereocenters. The molecule has 0 aromatic heterocycles. The van der Waals surface area contributed by atoms with Gasteiger partial charge in [0.1, 0.15) is 5.75 Å². The number of amides is 2. The molecule has 0 radical (unpaired) electrons. The predicted octanol–water partition coefficient (Wildman–Crippen LogP) is 3.98. The molecule has 1 aliphatic heterocycles. The van der Waals surface area contributed by atoms with Gasteiger partial charge < -0.3 is 15.0 Å². The van der Waals surface area contributed by atoms with E-state index in [-0.39, 0.29) is 17.7 Å². The summed E-state index contributed by atoms with van der Waals surface area (Å²) in [5.74, 6) is 0.216. The molecule has 6 heteroatoms. The van der Waals surface area contributed by atoms with Gasteiger partial charge in [-0.15, -0.1) is 0 Å². The Kier molecular flexibility index (Phi) is 6.35. The fourth-order valence-corrected chi connectivity index (χ4v) is 3.31. The van der Waals surface area contributed by atoms with Crippen LogP contribution < -0.4 is 10.1 Å². The normalized spacial score (nSPS) is 17.9. The average Bonchev–Trinajstić information content (AvgIpc) is 2.70. The maximum absolute atomic E-state index is 12.7. The fourth-order valence-electron chi connectivity index (χ4n) is 3.18. The second-order valence-corrected chi connectivity index (χ2v) is 7.13. The number of nitrogens with zero attached hydrogens (tertiary/aromatic N) is 1. The van der Waals surface area contributed by atoms with E-state index in [9.17, 15) is 9.59 Å². The van der Waals surface area contributed by atoms with Crippen LogP contribution in [0.15, 0.2) is 54.6 Å². The third-order valence-corrected chi connectivity index (χ3v) is 4.87. The molecule has 2 amide bonds. The molecule has 1 fully saturated rings. The molecule has 1 N–H and O–H groups in total. The number of likely N-dealkylation sites (tertiary alicyclic amines) is 1. The van der Waals surface area contributed by atoms with Crippen molar-refractivity contribution in [1.29, 1.82) is 0 Å². The summed E-state index contributed by atoms with van der Waals surface area (Å²) in [7, 11) is 0. The monoisotopic (exact) mass is 386 g/mol. The molecular formula is C21H23ClN2O3. The molecule has 3 rings (SSSR count). The van der Waals surface area contributed by atoms with E-state index in [1.54, 1.807) is 36.1 Å². The Morgan fingerprint density at radius 2 is 1.85 bits per heavy atom. The van der Waals surface area contributed by atoms with Crippen LogP contribution in [0.5, 0.6) is 5.75 Å². The number of carbonyl (C=O) groups excluding carboxylic acids is 2. The highest BCUT2D eigenvalue weighted by Gasteiger charge is 2.31. The van der Waals surface area contributed by atoms with Crippen LogP contribution in [0.25, 0.3) is 0 Å². The molecule has 142 valence electrons. The minimum Gasteiger partial charge on any atom is -0.481 e. The first-order valence-corrected chi connectivity index (χ1v) is 9.47. The molecule has 5 nitrogen and oxygen atoms in total. The summed E-state index contributed by atoms with van der Waals surface area (Å²) < 4.78 is 5.73. The third-order valence-electron chi connectivity index (χ3n) is 4.62. The molecular weight excluding hydrogens is 364 g/mol. The molecule has 2 atom stereocenters. The first kappa shape index (κ1) is 19.2. The van der Waals surface area contributed by atoms with Crippen LogP contribution in [-0.4, -0.2) is 35.9 Å². The Hall–Kier alpha value is -2.53. The van der Waals surface area contributed by atoms with Gasteiger partial charge in [-0.25, -0.2) is 0 Å². The SMILES string of the molecule is C[C@H](Oc1ccc(Cl)cc1)C(=O)N1CCC[C@@H](C(=O)Nc2ccccc2)C1. The van der Waals surface area contributed by atoms with Crippen molar-refractivity contribution in [3.05, 3.63) is 59.6 Å². The Balaban J connectivity index is 1.57.